The van der Waals surface area contributed by atoms with Gasteiger partial charge in [0.05, 0.1) is 19.2 Å². The first-order chi connectivity index (χ1) is 18.2. The Morgan fingerprint density at radius 1 is 0.946 bits per heavy atom. The highest BCUT2D eigenvalue weighted by Gasteiger charge is 2.44. The Hall–Kier alpha value is -4.24. The summed E-state index contributed by atoms with van der Waals surface area (Å²) in [5.41, 5.74) is 10.9. The van der Waals surface area contributed by atoms with Gasteiger partial charge >= 0.3 is 6.09 Å². The number of azide groups is 1. The monoisotopic (exact) mass is 494 g/mol. The largest absolute Gasteiger partial charge is 0.441 e. The molecule has 1 aliphatic heterocycles. The molecule has 2 atom stereocenters. The Kier molecular flexibility index (Phi) is 8.83. The van der Waals surface area contributed by atoms with E-state index < -0.39 is 23.8 Å². The molecule has 0 N–H and O–H groups in total. The van der Waals surface area contributed by atoms with Gasteiger partial charge < -0.3 is 14.4 Å². The van der Waals surface area contributed by atoms with Gasteiger partial charge in [0.15, 0.2) is 0 Å². The van der Waals surface area contributed by atoms with E-state index in [2.05, 4.69) is 15.9 Å². The van der Waals surface area contributed by atoms with Gasteiger partial charge in [-0.3, -0.25) is 0 Å². The van der Waals surface area contributed by atoms with Crippen LogP contribution in [0.1, 0.15) is 36.0 Å². The molecule has 0 aromatic heterocycles. The molecule has 1 amide bonds. The summed E-state index contributed by atoms with van der Waals surface area (Å²) in [7, 11) is 0. The minimum atomic E-state index is -0.945. The zero-order valence-corrected chi connectivity index (χ0v) is 20.6. The average molecular weight is 495 g/mol. The van der Waals surface area contributed by atoms with Crippen LogP contribution in [0.4, 0.5) is 4.79 Å². The summed E-state index contributed by atoms with van der Waals surface area (Å²) >= 11 is 0. The molecule has 0 saturated carbocycles. The van der Waals surface area contributed by atoms with Crippen molar-refractivity contribution in [3.63, 3.8) is 0 Å². The van der Waals surface area contributed by atoms with Crippen molar-refractivity contribution in [3.8, 4) is 12.3 Å². The zero-order valence-electron chi connectivity index (χ0n) is 20.6. The highest BCUT2D eigenvalue weighted by Crippen LogP contribution is 2.41. The molecule has 0 radical (unpaired) electrons. The first-order valence-electron chi connectivity index (χ1n) is 12.4. The fraction of sp³-hybridized carbons (Fsp3) is 0.300. The number of nitrogens with zero attached hydrogens (tertiary/aromatic N) is 4. The average Bonchev–Trinajstić information content (AvgIpc) is 3.25. The summed E-state index contributed by atoms with van der Waals surface area (Å²) in [5, 5.41) is 3.77. The van der Waals surface area contributed by atoms with Gasteiger partial charge in [-0.15, -0.1) is 12.3 Å². The highest BCUT2D eigenvalue weighted by atomic mass is 16.6. The Labute approximate surface area is 217 Å². The number of ether oxygens (including phenoxy) is 2. The molecule has 7 heteroatoms. The van der Waals surface area contributed by atoms with Crippen LogP contribution in [0, 0.1) is 12.3 Å². The standard InChI is InChI=1S/C30H30N4O3/c1-2-3-4-14-21-34-27(22-32-33-31)28(37-29(34)35)23-36-30(24-15-8-5-9-16-24,25-17-10-6-11-18-25)26-19-12-7-13-20-26/h1,5-13,15-20,27-28H,3-4,14,21-23H2/t27-,28-/m1/s1. The Morgan fingerprint density at radius 2 is 1.49 bits per heavy atom. The van der Waals surface area contributed by atoms with E-state index in [0.717, 1.165) is 29.5 Å². The number of cyclic esters (lactones) is 1. The van der Waals surface area contributed by atoms with Gasteiger partial charge in [-0.1, -0.05) is 96.1 Å². The van der Waals surface area contributed by atoms with Crippen molar-refractivity contribution in [2.45, 2.75) is 37.0 Å². The number of carbonyl (C=O) groups is 1. The molecule has 0 unspecified atom stereocenters. The number of unbranched alkanes of at least 4 members (excludes halogenated alkanes) is 2. The SMILES string of the molecule is C#CCCCCN1C(=O)O[C@H](COC(c2ccccc2)(c2ccccc2)c2ccccc2)[C@H]1CN=[N+]=[N-]. The maximum atomic E-state index is 12.8. The van der Waals surface area contributed by atoms with Crippen LogP contribution < -0.4 is 0 Å². The second-order valence-electron chi connectivity index (χ2n) is 8.85. The van der Waals surface area contributed by atoms with E-state index in [1.54, 1.807) is 4.90 Å². The minimum Gasteiger partial charge on any atom is -0.441 e. The van der Waals surface area contributed by atoms with Crippen LogP contribution >= 0.6 is 0 Å². The summed E-state index contributed by atoms with van der Waals surface area (Å²) in [5.74, 6) is 2.62. The third kappa shape index (κ3) is 5.78. The smallest absolute Gasteiger partial charge is 0.410 e. The van der Waals surface area contributed by atoms with Gasteiger partial charge in [0.25, 0.3) is 0 Å². The number of benzene rings is 3. The normalized spacial score (nSPS) is 17.1. The lowest BCUT2D eigenvalue weighted by atomic mass is 9.80. The van der Waals surface area contributed by atoms with Crippen LogP contribution in [0.15, 0.2) is 96.1 Å². The lowest BCUT2D eigenvalue weighted by molar-refractivity contribution is -0.0369. The van der Waals surface area contributed by atoms with Crippen molar-refractivity contribution >= 4 is 6.09 Å². The van der Waals surface area contributed by atoms with Crippen LogP contribution in [0.3, 0.4) is 0 Å². The molecule has 37 heavy (non-hydrogen) atoms. The summed E-state index contributed by atoms with van der Waals surface area (Å²) < 4.78 is 12.6. The number of carbonyl (C=O) groups excluding carboxylic acids is 1. The van der Waals surface area contributed by atoms with E-state index in [9.17, 15) is 4.79 Å². The molecule has 188 valence electrons. The van der Waals surface area contributed by atoms with E-state index in [0.29, 0.717) is 13.0 Å². The molecule has 1 saturated heterocycles. The molecule has 1 heterocycles. The summed E-state index contributed by atoms with van der Waals surface area (Å²) in [6.07, 6.45) is 6.50. The third-order valence-corrected chi connectivity index (χ3v) is 6.62. The highest BCUT2D eigenvalue weighted by molar-refractivity contribution is 5.70. The molecular weight excluding hydrogens is 464 g/mol. The maximum Gasteiger partial charge on any atom is 0.410 e. The van der Waals surface area contributed by atoms with Gasteiger partial charge in [0.1, 0.15) is 11.7 Å². The second-order valence-corrected chi connectivity index (χ2v) is 8.85. The molecule has 0 bridgehead atoms. The number of terminal acetylenes is 1. The van der Waals surface area contributed by atoms with Crippen LogP contribution in [0.5, 0.6) is 0 Å². The van der Waals surface area contributed by atoms with Crippen LogP contribution in [0.25, 0.3) is 10.4 Å². The van der Waals surface area contributed by atoms with Crippen molar-refractivity contribution in [2.75, 3.05) is 19.7 Å². The third-order valence-electron chi connectivity index (χ3n) is 6.62. The Morgan fingerprint density at radius 3 is 1.97 bits per heavy atom. The van der Waals surface area contributed by atoms with E-state index in [4.69, 9.17) is 21.4 Å². The van der Waals surface area contributed by atoms with Gasteiger partial charge in [-0.25, -0.2) is 4.79 Å². The number of rotatable bonds is 12. The molecule has 4 rings (SSSR count). The first-order valence-corrected chi connectivity index (χ1v) is 12.4. The van der Waals surface area contributed by atoms with Crippen LogP contribution in [-0.4, -0.2) is 42.8 Å². The number of hydrogen-bond donors (Lipinski definition) is 0. The summed E-state index contributed by atoms with van der Waals surface area (Å²) in [4.78, 5) is 17.4. The lowest BCUT2D eigenvalue weighted by Gasteiger charge is -2.37. The van der Waals surface area contributed by atoms with Crippen LogP contribution in [-0.2, 0) is 15.1 Å². The van der Waals surface area contributed by atoms with Gasteiger partial charge in [0, 0.05) is 17.9 Å². The molecule has 3 aromatic carbocycles. The molecule has 1 fully saturated rings. The first kappa shape index (κ1) is 25.8. The van der Waals surface area contributed by atoms with Gasteiger partial charge in [-0.05, 0) is 35.1 Å². The van der Waals surface area contributed by atoms with E-state index in [1.807, 2.05) is 91.0 Å². The molecule has 0 aliphatic carbocycles. The van der Waals surface area contributed by atoms with E-state index in [1.165, 1.54) is 0 Å². The molecule has 0 spiro atoms. The van der Waals surface area contributed by atoms with E-state index in [-0.39, 0.29) is 13.2 Å². The molecule has 1 aliphatic rings. The fourth-order valence-corrected chi connectivity index (χ4v) is 4.84. The Balaban J connectivity index is 1.69. The molecular formula is C30H30N4O3. The fourth-order valence-electron chi connectivity index (χ4n) is 4.84. The molecule has 7 nitrogen and oxygen atoms in total. The van der Waals surface area contributed by atoms with Crippen molar-refractivity contribution < 1.29 is 14.3 Å². The topological polar surface area (TPSA) is 87.5 Å². The predicted octanol–water partition coefficient (Wildman–Crippen LogP) is 6.30. The predicted molar refractivity (Wildman–Crippen MR) is 143 cm³/mol. The summed E-state index contributed by atoms with van der Waals surface area (Å²) in [6, 6.07) is 29.6. The molecule has 3 aromatic rings. The van der Waals surface area contributed by atoms with Crippen molar-refractivity contribution in [1.29, 1.82) is 0 Å². The minimum absolute atomic E-state index is 0.0976. The second kappa shape index (κ2) is 12.6. The quantitative estimate of drug-likeness (QED) is 0.0739. The zero-order chi connectivity index (χ0) is 25.9. The maximum absolute atomic E-state index is 12.8. The number of hydrogen-bond acceptors (Lipinski definition) is 4. The lowest BCUT2D eigenvalue weighted by Crippen LogP contribution is -2.43. The van der Waals surface area contributed by atoms with Crippen molar-refractivity contribution in [2.24, 2.45) is 5.11 Å². The number of amides is 1. The summed E-state index contributed by atoms with van der Waals surface area (Å²) in [6.45, 7) is 0.682. The van der Waals surface area contributed by atoms with E-state index >= 15 is 0 Å². The van der Waals surface area contributed by atoms with Gasteiger partial charge in [0.2, 0.25) is 0 Å². The van der Waals surface area contributed by atoms with Gasteiger partial charge in [-0.2, -0.15) is 0 Å². The Bertz CT molecular complexity index is 1140. The van der Waals surface area contributed by atoms with Crippen LogP contribution in [0.2, 0.25) is 0 Å². The van der Waals surface area contributed by atoms with Crippen molar-refractivity contribution in [1.82, 2.24) is 4.90 Å². The van der Waals surface area contributed by atoms with Crippen molar-refractivity contribution in [3.05, 3.63) is 118 Å².